The van der Waals surface area contributed by atoms with Gasteiger partial charge in [0, 0.05) is 23.2 Å². The van der Waals surface area contributed by atoms with Gasteiger partial charge in [0.25, 0.3) is 11.6 Å². The van der Waals surface area contributed by atoms with E-state index in [2.05, 4.69) is 10.6 Å². The van der Waals surface area contributed by atoms with E-state index in [0.717, 1.165) is 0 Å². The number of amides is 2. The molecule has 0 fully saturated rings. The number of nitro groups is 1. The average Bonchev–Trinajstić information content (AvgIpc) is 2.69. The number of thioether (sulfide) groups is 1. The molecule has 2 N–H and O–H groups in total. The topological polar surface area (TPSA) is 101 Å². The molecule has 0 heterocycles. The Hall–Kier alpha value is -2.29. The Morgan fingerprint density at radius 3 is 2.59 bits per heavy atom. The maximum Gasteiger partial charge on any atom is 0.274 e. The quantitative estimate of drug-likeness (QED) is 0.438. The number of carbonyl (C=O) groups is 2. The second-order valence-electron chi connectivity index (χ2n) is 6.04. The highest BCUT2D eigenvalue weighted by molar-refractivity contribution is 7.98. The lowest BCUT2D eigenvalue weighted by Gasteiger charge is -2.18. The fraction of sp³-hybridized carbons (Fsp3) is 0.263. The van der Waals surface area contributed by atoms with Crippen LogP contribution in [0.2, 0.25) is 10.0 Å². The maximum absolute atomic E-state index is 12.7. The molecule has 0 bridgehead atoms. The first-order chi connectivity index (χ1) is 13.8. The molecule has 0 radical (unpaired) electrons. The summed E-state index contributed by atoms with van der Waals surface area (Å²) in [5.74, 6) is -0.299. The van der Waals surface area contributed by atoms with Crippen molar-refractivity contribution in [1.82, 2.24) is 10.6 Å². The molecule has 1 unspecified atom stereocenters. The van der Waals surface area contributed by atoms with Crippen LogP contribution in [0, 0.1) is 10.1 Å². The number of benzene rings is 2. The highest BCUT2D eigenvalue weighted by atomic mass is 35.5. The lowest BCUT2D eigenvalue weighted by atomic mass is 10.1. The molecule has 154 valence electrons. The van der Waals surface area contributed by atoms with Crippen LogP contribution in [0.5, 0.6) is 0 Å². The summed E-state index contributed by atoms with van der Waals surface area (Å²) >= 11 is 13.4. The number of nitrogens with zero attached hydrogens (tertiary/aromatic N) is 1. The Labute approximate surface area is 182 Å². The summed E-state index contributed by atoms with van der Waals surface area (Å²) in [7, 11) is 0. The highest BCUT2D eigenvalue weighted by Gasteiger charge is 2.23. The molecule has 0 aromatic heterocycles. The second kappa shape index (κ2) is 11.0. The number of para-hydroxylation sites is 1. The number of nitro benzene ring substituents is 1. The molecule has 0 saturated heterocycles. The first kappa shape index (κ1) is 23.0. The molecule has 29 heavy (non-hydrogen) atoms. The third-order valence-corrected chi connectivity index (χ3v) is 5.24. The van der Waals surface area contributed by atoms with Crippen LogP contribution in [-0.2, 0) is 11.3 Å². The van der Waals surface area contributed by atoms with E-state index in [1.165, 1.54) is 36.0 Å². The second-order valence-corrected chi connectivity index (χ2v) is 7.86. The van der Waals surface area contributed by atoms with Gasteiger partial charge >= 0.3 is 0 Å². The number of hydrogen-bond donors (Lipinski definition) is 2. The van der Waals surface area contributed by atoms with Crippen LogP contribution in [0.25, 0.3) is 0 Å². The van der Waals surface area contributed by atoms with Gasteiger partial charge in [-0.1, -0.05) is 41.4 Å². The monoisotopic (exact) mass is 455 g/mol. The molecule has 2 aromatic carbocycles. The summed E-state index contributed by atoms with van der Waals surface area (Å²) in [6, 6.07) is 9.81. The van der Waals surface area contributed by atoms with Crippen LogP contribution >= 0.6 is 35.0 Å². The average molecular weight is 456 g/mol. The Morgan fingerprint density at radius 1 is 1.21 bits per heavy atom. The molecule has 2 amide bonds. The lowest BCUT2D eigenvalue weighted by Crippen LogP contribution is -2.47. The fourth-order valence-electron chi connectivity index (χ4n) is 2.56. The third kappa shape index (κ3) is 6.62. The van der Waals surface area contributed by atoms with Crippen LogP contribution in [0.1, 0.15) is 22.3 Å². The number of hydrogen-bond acceptors (Lipinski definition) is 5. The molecule has 7 nitrogen and oxygen atoms in total. The minimum atomic E-state index is -0.815. The Balaban J connectivity index is 2.09. The van der Waals surface area contributed by atoms with Crippen LogP contribution < -0.4 is 10.6 Å². The third-order valence-electron chi connectivity index (χ3n) is 4.05. The van der Waals surface area contributed by atoms with Crippen molar-refractivity contribution in [1.29, 1.82) is 0 Å². The summed E-state index contributed by atoms with van der Waals surface area (Å²) < 4.78 is 0. The van der Waals surface area contributed by atoms with Crippen molar-refractivity contribution < 1.29 is 14.5 Å². The van der Waals surface area contributed by atoms with E-state index < -0.39 is 22.8 Å². The van der Waals surface area contributed by atoms with E-state index in [1.807, 2.05) is 6.26 Å². The largest absolute Gasteiger partial charge is 0.350 e. The first-order valence-electron chi connectivity index (χ1n) is 8.58. The van der Waals surface area contributed by atoms with E-state index >= 15 is 0 Å². The molecule has 10 heteroatoms. The van der Waals surface area contributed by atoms with Gasteiger partial charge in [-0.25, -0.2) is 0 Å². The van der Waals surface area contributed by atoms with Crippen molar-refractivity contribution in [2.75, 3.05) is 12.0 Å². The molecule has 2 aromatic rings. The smallest absolute Gasteiger partial charge is 0.274 e. The van der Waals surface area contributed by atoms with E-state index in [-0.39, 0.29) is 22.8 Å². The van der Waals surface area contributed by atoms with Gasteiger partial charge in [0.15, 0.2) is 0 Å². The van der Waals surface area contributed by atoms with Crippen molar-refractivity contribution in [3.8, 4) is 0 Å². The van der Waals surface area contributed by atoms with Crippen LogP contribution in [-0.4, -0.2) is 34.8 Å². The molecule has 0 saturated carbocycles. The van der Waals surface area contributed by atoms with Crippen molar-refractivity contribution in [3.63, 3.8) is 0 Å². The van der Waals surface area contributed by atoms with Gasteiger partial charge < -0.3 is 10.6 Å². The normalized spacial score (nSPS) is 11.6. The van der Waals surface area contributed by atoms with Crippen LogP contribution in [0.3, 0.4) is 0 Å². The van der Waals surface area contributed by atoms with E-state index in [1.54, 1.807) is 18.2 Å². The minimum Gasteiger partial charge on any atom is -0.350 e. The molecule has 0 spiro atoms. The summed E-state index contributed by atoms with van der Waals surface area (Å²) in [5, 5.41) is 17.0. The molecule has 0 aliphatic heterocycles. The summed E-state index contributed by atoms with van der Waals surface area (Å²) in [6.07, 6.45) is 2.28. The van der Waals surface area contributed by atoms with E-state index in [9.17, 15) is 19.7 Å². The Morgan fingerprint density at radius 2 is 1.93 bits per heavy atom. The van der Waals surface area contributed by atoms with Gasteiger partial charge in [-0.15, -0.1) is 0 Å². The zero-order chi connectivity index (χ0) is 21.4. The molecular formula is C19H19Cl2N3O4S. The van der Waals surface area contributed by atoms with Gasteiger partial charge in [0.1, 0.15) is 6.04 Å². The lowest BCUT2D eigenvalue weighted by molar-refractivity contribution is -0.385. The fourth-order valence-corrected chi connectivity index (χ4v) is 3.52. The molecule has 0 aliphatic rings. The molecule has 2 rings (SSSR count). The number of rotatable bonds is 9. The van der Waals surface area contributed by atoms with E-state index in [0.29, 0.717) is 22.8 Å². The summed E-state index contributed by atoms with van der Waals surface area (Å²) in [6.45, 7) is -0.0245. The van der Waals surface area contributed by atoms with E-state index in [4.69, 9.17) is 23.2 Å². The number of carbonyl (C=O) groups excluding carboxylic acids is 2. The molecule has 0 aliphatic carbocycles. The van der Waals surface area contributed by atoms with Crippen LogP contribution in [0.4, 0.5) is 5.69 Å². The van der Waals surface area contributed by atoms with Gasteiger partial charge in [0.05, 0.1) is 15.5 Å². The maximum atomic E-state index is 12.7. The van der Waals surface area contributed by atoms with Gasteiger partial charge in [-0.2, -0.15) is 11.8 Å². The Bertz CT molecular complexity index is 911. The van der Waals surface area contributed by atoms with Gasteiger partial charge in [-0.05, 0) is 36.6 Å². The zero-order valence-electron chi connectivity index (χ0n) is 15.5. The molecular weight excluding hydrogens is 437 g/mol. The summed E-state index contributed by atoms with van der Waals surface area (Å²) in [5.41, 5.74) is 0.503. The van der Waals surface area contributed by atoms with Crippen molar-refractivity contribution >= 4 is 52.5 Å². The van der Waals surface area contributed by atoms with Crippen molar-refractivity contribution in [2.45, 2.75) is 19.0 Å². The minimum absolute atomic E-state index is 0.0245. The standard InChI is InChI=1S/C19H19Cl2N3O4S/c1-29-9-8-16(23-18(25)14-7-6-13(20)10-15(14)21)19(26)22-11-12-4-2-3-5-17(12)24(27)28/h2-7,10,16H,8-9,11H2,1H3,(H,22,26)(H,23,25). The zero-order valence-corrected chi connectivity index (χ0v) is 17.8. The Kier molecular flexibility index (Phi) is 8.75. The van der Waals surface area contributed by atoms with Crippen molar-refractivity contribution in [3.05, 3.63) is 73.8 Å². The first-order valence-corrected chi connectivity index (χ1v) is 10.7. The predicted octanol–water partition coefficient (Wildman–Crippen LogP) is 4.07. The predicted molar refractivity (Wildman–Crippen MR) is 116 cm³/mol. The van der Waals surface area contributed by atoms with Gasteiger partial charge in [0.2, 0.25) is 5.91 Å². The summed E-state index contributed by atoms with van der Waals surface area (Å²) in [4.78, 5) is 35.8. The van der Waals surface area contributed by atoms with Crippen molar-refractivity contribution in [2.24, 2.45) is 0 Å². The molecule has 1 atom stereocenters. The number of nitrogens with one attached hydrogen (secondary N) is 2. The van der Waals surface area contributed by atoms with Gasteiger partial charge in [-0.3, -0.25) is 19.7 Å². The number of halogens is 2. The highest BCUT2D eigenvalue weighted by Crippen LogP contribution is 2.21. The SMILES string of the molecule is CSCCC(NC(=O)c1ccc(Cl)cc1Cl)C(=O)NCc1ccccc1[N+](=O)[O-]. The van der Waals surface area contributed by atoms with Crippen LogP contribution in [0.15, 0.2) is 42.5 Å².